The Labute approximate surface area is 112 Å². The zero-order valence-electron chi connectivity index (χ0n) is 11.4. The summed E-state index contributed by atoms with van der Waals surface area (Å²) in [4.78, 5) is 11.6. The second-order valence-corrected chi connectivity index (χ2v) is 4.55. The van der Waals surface area contributed by atoms with Crippen LogP contribution in [0.2, 0.25) is 0 Å². The topological polar surface area (TPSA) is 26.3 Å². The molecule has 0 heterocycles. The Morgan fingerprint density at radius 2 is 2.05 bits per heavy atom. The third kappa shape index (κ3) is 4.97. The molecule has 0 bridgehead atoms. The SMILES string of the molecule is CCCCOC(=O)CC(CC)c1ccc(F)cc1F. The maximum absolute atomic E-state index is 13.7. The molecule has 0 aliphatic rings. The highest BCUT2D eigenvalue weighted by molar-refractivity contribution is 5.70. The van der Waals surface area contributed by atoms with E-state index in [0.717, 1.165) is 18.9 Å². The maximum Gasteiger partial charge on any atom is 0.306 e. The Morgan fingerprint density at radius 3 is 2.63 bits per heavy atom. The number of carbonyl (C=O) groups is 1. The van der Waals surface area contributed by atoms with Gasteiger partial charge in [0.25, 0.3) is 0 Å². The Bertz CT molecular complexity index is 419. The van der Waals surface area contributed by atoms with Crippen LogP contribution in [-0.2, 0) is 9.53 Å². The van der Waals surface area contributed by atoms with Crippen molar-refractivity contribution in [3.63, 3.8) is 0 Å². The van der Waals surface area contributed by atoms with Crippen molar-refractivity contribution in [1.29, 1.82) is 0 Å². The number of benzene rings is 1. The highest BCUT2D eigenvalue weighted by atomic mass is 19.1. The smallest absolute Gasteiger partial charge is 0.306 e. The molecule has 2 nitrogen and oxygen atoms in total. The van der Waals surface area contributed by atoms with Crippen LogP contribution < -0.4 is 0 Å². The van der Waals surface area contributed by atoms with Gasteiger partial charge in [-0.3, -0.25) is 4.79 Å². The van der Waals surface area contributed by atoms with Crippen molar-refractivity contribution in [1.82, 2.24) is 0 Å². The zero-order valence-corrected chi connectivity index (χ0v) is 11.4. The second kappa shape index (κ2) is 7.87. The minimum Gasteiger partial charge on any atom is -0.466 e. The Hall–Kier alpha value is -1.45. The van der Waals surface area contributed by atoms with Gasteiger partial charge in [-0.15, -0.1) is 0 Å². The Kier molecular flexibility index (Phi) is 6.46. The van der Waals surface area contributed by atoms with E-state index in [4.69, 9.17) is 4.74 Å². The van der Waals surface area contributed by atoms with Gasteiger partial charge in [0.2, 0.25) is 0 Å². The van der Waals surface area contributed by atoms with E-state index in [-0.39, 0.29) is 18.3 Å². The fourth-order valence-corrected chi connectivity index (χ4v) is 1.90. The van der Waals surface area contributed by atoms with Crippen LogP contribution >= 0.6 is 0 Å². The summed E-state index contributed by atoms with van der Waals surface area (Å²) in [6.07, 6.45) is 2.51. The molecule has 0 aliphatic heterocycles. The summed E-state index contributed by atoms with van der Waals surface area (Å²) in [5.41, 5.74) is 0.372. The van der Waals surface area contributed by atoms with E-state index in [9.17, 15) is 13.6 Å². The van der Waals surface area contributed by atoms with Crippen LogP contribution in [0.1, 0.15) is 51.0 Å². The van der Waals surface area contributed by atoms with Gasteiger partial charge in [0.15, 0.2) is 0 Å². The van der Waals surface area contributed by atoms with Gasteiger partial charge < -0.3 is 4.74 Å². The minimum atomic E-state index is -0.610. The van der Waals surface area contributed by atoms with Crippen molar-refractivity contribution < 1.29 is 18.3 Å². The summed E-state index contributed by atoms with van der Waals surface area (Å²) in [6.45, 7) is 4.28. The number of unbranched alkanes of at least 4 members (excludes halogenated alkanes) is 1. The molecule has 0 saturated heterocycles. The van der Waals surface area contributed by atoms with Crippen molar-refractivity contribution in [3.8, 4) is 0 Å². The van der Waals surface area contributed by atoms with E-state index in [2.05, 4.69) is 0 Å². The number of carbonyl (C=O) groups excluding carboxylic acids is 1. The van der Waals surface area contributed by atoms with E-state index in [1.807, 2.05) is 13.8 Å². The number of halogens is 2. The third-order valence-electron chi connectivity index (χ3n) is 3.07. The standard InChI is InChI=1S/C15H20F2O2/c1-3-5-8-19-15(18)9-11(4-2)13-7-6-12(16)10-14(13)17/h6-7,10-11H,3-5,8-9H2,1-2H3. The van der Waals surface area contributed by atoms with Crippen LogP contribution in [0.3, 0.4) is 0 Å². The van der Waals surface area contributed by atoms with Crippen LogP contribution in [-0.4, -0.2) is 12.6 Å². The molecule has 1 atom stereocenters. The number of hydrogen-bond acceptors (Lipinski definition) is 2. The lowest BCUT2D eigenvalue weighted by atomic mass is 9.93. The first-order valence-corrected chi connectivity index (χ1v) is 6.69. The molecule has 0 saturated carbocycles. The van der Waals surface area contributed by atoms with Crippen LogP contribution in [0.4, 0.5) is 8.78 Å². The fourth-order valence-electron chi connectivity index (χ4n) is 1.90. The molecular weight excluding hydrogens is 250 g/mol. The predicted octanol–water partition coefficient (Wildman–Crippen LogP) is 4.19. The number of esters is 1. The average molecular weight is 270 g/mol. The molecule has 0 fully saturated rings. The van der Waals surface area contributed by atoms with Gasteiger partial charge in [0.05, 0.1) is 13.0 Å². The van der Waals surface area contributed by atoms with Gasteiger partial charge in [-0.1, -0.05) is 26.3 Å². The van der Waals surface area contributed by atoms with Crippen molar-refractivity contribution in [3.05, 3.63) is 35.4 Å². The molecule has 0 amide bonds. The molecule has 106 valence electrons. The lowest BCUT2D eigenvalue weighted by Gasteiger charge is -2.15. The van der Waals surface area contributed by atoms with Gasteiger partial charge in [-0.25, -0.2) is 8.78 Å². The van der Waals surface area contributed by atoms with Gasteiger partial charge in [0.1, 0.15) is 11.6 Å². The monoisotopic (exact) mass is 270 g/mol. The van der Waals surface area contributed by atoms with Gasteiger partial charge in [-0.05, 0) is 30.4 Å². The zero-order chi connectivity index (χ0) is 14.3. The highest BCUT2D eigenvalue weighted by Gasteiger charge is 2.19. The molecular formula is C15H20F2O2. The largest absolute Gasteiger partial charge is 0.466 e. The van der Waals surface area contributed by atoms with E-state index in [1.165, 1.54) is 12.1 Å². The predicted molar refractivity (Wildman–Crippen MR) is 69.9 cm³/mol. The molecule has 0 N–H and O–H groups in total. The third-order valence-corrected chi connectivity index (χ3v) is 3.07. The molecule has 19 heavy (non-hydrogen) atoms. The highest BCUT2D eigenvalue weighted by Crippen LogP contribution is 2.26. The number of rotatable bonds is 7. The lowest BCUT2D eigenvalue weighted by molar-refractivity contribution is -0.144. The van der Waals surface area contributed by atoms with E-state index in [1.54, 1.807) is 0 Å². The van der Waals surface area contributed by atoms with E-state index in [0.29, 0.717) is 18.6 Å². The molecule has 0 aliphatic carbocycles. The number of ether oxygens (including phenoxy) is 1. The van der Waals surface area contributed by atoms with E-state index < -0.39 is 11.6 Å². The van der Waals surface area contributed by atoms with Crippen LogP contribution in [0.15, 0.2) is 18.2 Å². The molecule has 1 aromatic carbocycles. The van der Waals surface area contributed by atoms with Gasteiger partial charge in [0, 0.05) is 6.07 Å². The summed E-state index contributed by atoms with van der Waals surface area (Å²) < 4.78 is 31.6. The van der Waals surface area contributed by atoms with E-state index >= 15 is 0 Å². The van der Waals surface area contributed by atoms with Crippen molar-refractivity contribution >= 4 is 5.97 Å². The second-order valence-electron chi connectivity index (χ2n) is 4.55. The van der Waals surface area contributed by atoms with Crippen molar-refractivity contribution in [2.24, 2.45) is 0 Å². The Morgan fingerprint density at radius 1 is 1.32 bits per heavy atom. The summed E-state index contributed by atoms with van der Waals surface area (Å²) in [5, 5.41) is 0. The first-order valence-electron chi connectivity index (χ1n) is 6.69. The number of hydrogen-bond donors (Lipinski definition) is 0. The lowest BCUT2D eigenvalue weighted by Crippen LogP contribution is -2.12. The summed E-state index contributed by atoms with van der Waals surface area (Å²) in [5.74, 6) is -1.81. The molecule has 1 aromatic rings. The normalized spacial score (nSPS) is 12.2. The molecule has 0 radical (unpaired) electrons. The summed E-state index contributed by atoms with van der Waals surface area (Å²) >= 11 is 0. The summed E-state index contributed by atoms with van der Waals surface area (Å²) in [7, 11) is 0. The fraction of sp³-hybridized carbons (Fsp3) is 0.533. The molecule has 4 heteroatoms. The molecule has 0 aromatic heterocycles. The quantitative estimate of drug-likeness (QED) is 0.548. The van der Waals surface area contributed by atoms with Crippen molar-refractivity contribution in [2.45, 2.75) is 45.4 Å². The van der Waals surface area contributed by atoms with Crippen molar-refractivity contribution in [2.75, 3.05) is 6.61 Å². The van der Waals surface area contributed by atoms with Crippen LogP contribution in [0, 0.1) is 11.6 Å². The molecule has 0 spiro atoms. The molecule has 1 rings (SSSR count). The van der Waals surface area contributed by atoms with Gasteiger partial charge >= 0.3 is 5.97 Å². The van der Waals surface area contributed by atoms with Crippen LogP contribution in [0.5, 0.6) is 0 Å². The maximum atomic E-state index is 13.7. The first-order chi connectivity index (χ1) is 9.08. The molecule has 1 unspecified atom stereocenters. The van der Waals surface area contributed by atoms with Crippen LogP contribution in [0.25, 0.3) is 0 Å². The minimum absolute atomic E-state index is 0.128. The average Bonchev–Trinajstić information content (AvgIpc) is 2.37. The Balaban J connectivity index is 2.64. The summed E-state index contributed by atoms with van der Waals surface area (Å²) in [6, 6.07) is 3.46. The first kappa shape index (κ1) is 15.6. The van der Waals surface area contributed by atoms with Gasteiger partial charge in [-0.2, -0.15) is 0 Å².